The first-order valence-corrected chi connectivity index (χ1v) is 7.78. The number of nitrogens with zero attached hydrogens (tertiary/aromatic N) is 3. The van der Waals surface area contributed by atoms with Gasteiger partial charge < -0.3 is 10.2 Å². The van der Waals surface area contributed by atoms with Crippen molar-refractivity contribution in [3.63, 3.8) is 0 Å². The summed E-state index contributed by atoms with van der Waals surface area (Å²) in [5.41, 5.74) is 0.493. The van der Waals surface area contributed by atoms with Gasteiger partial charge in [0.1, 0.15) is 17.5 Å². The molecule has 0 aromatic carbocycles. The third kappa shape index (κ3) is 2.34. The molecule has 1 aliphatic heterocycles. The van der Waals surface area contributed by atoms with Gasteiger partial charge in [-0.15, -0.1) is 0 Å². The Labute approximate surface area is 127 Å². The number of aromatic nitrogens is 2. The smallest absolute Gasteiger partial charge is 0.259 e. The highest BCUT2D eigenvalue weighted by Gasteiger charge is 2.34. The van der Waals surface area contributed by atoms with Gasteiger partial charge >= 0.3 is 0 Å². The Morgan fingerprint density at radius 2 is 2.14 bits per heavy atom. The van der Waals surface area contributed by atoms with Gasteiger partial charge in [-0.2, -0.15) is 0 Å². The molecule has 0 bridgehead atoms. The van der Waals surface area contributed by atoms with Crippen molar-refractivity contribution in [2.75, 3.05) is 11.4 Å². The molecule has 6 nitrogen and oxygen atoms in total. The van der Waals surface area contributed by atoms with Crippen LogP contribution in [-0.4, -0.2) is 33.9 Å². The van der Waals surface area contributed by atoms with Crippen molar-refractivity contribution >= 4 is 17.4 Å². The Morgan fingerprint density at radius 1 is 1.27 bits per heavy atom. The lowest BCUT2D eigenvalue weighted by Gasteiger charge is -2.25. The lowest BCUT2D eigenvalue weighted by molar-refractivity contribution is -0.122. The summed E-state index contributed by atoms with van der Waals surface area (Å²) in [5.74, 6) is 0.666. The molecule has 22 heavy (non-hydrogen) atoms. The average Bonchev–Trinajstić information content (AvgIpc) is 3.19. The summed E-state index contributed by atoms with van der Waals surface area (Å²) < 4.78 is 1.51. The predicted molar refractivity (Wildman–Crippen MR) is 83.0 cm³/mol. The molecule has 114 valence electrons. The molecule has 0 radical (unpaired) electrons. The summed E-state index contributed by atoms with van der Waals surface area (Å²) in [6.07, 6.45) is 5.62. The second kappa shape index (κ2) is 5.12. The van der Waals surface area contributed by atoms with Gasteiger partial charge in [0.25, 0.3) is 5.56 Å². The predicted octanol–water partition coefficient (Wildman–Crippen LogP) is 0.942. The minimum atomic E-state index is -0.210. The van der Waals surface area contributed by atoms with Crippen molar-refractivity contribution in [3.05, 3.63) is 40.8 Å². The maximum Gasteiger partial charge on any atom is 0.259 e. The molecule has 1 N–H and O–H groups in total. The van der Waals surface area contributed by atoms with Gasteiger partial charge in [-0.3, -0.25) is 14.0 Å². The molecule has 2 aliphatic rings. The number of hydrogen-bond acceptors (Lipinski definition) is 4. The molecule has 1 saturated heterocycles. The minimum absolute atomic E-state index is 0.0649. The third-order valence-electron chi connectivity index (χ3n) is 4.33. The van der Waals surface area contributed by atoms with Crippen molar-refractivity contribution in [2.24, 2.45) is 0 Å². The van der Waals surface area contributed by atoms with Crippen LogP contribution >= 0.6 is 0 Å². The van der Waals surface area contributed by atoms with Gasteiger partial charge in [0.05, 0.1) is 0 Å². The van der Waals surface area contributed by atoms with Crippen molar-refractivity contribution in [1.29, 1.82) is 0 Å². The first-order valence-electron chi connectivity index (χ1n) is 7.78. The van der Waals surface area contributed by atoms with E-state index in [1.54, 1.807) is 18.3 Å². The number of pyridine rings is 1. The second-order valence-electron chi connectivity index (χ2n) is 6.02. The zero-order valence-electron chi connectivity index (χ0n) is 12.2. The summed E-state index contributed by atoms with van der Waals surface area (Å²) in [5, 5.41) is 3.06. The molecular weight excluding hydrogens is 280 g/mol. The first kappa shape index (κ1) is 13.3. The molecule has 1 saturated carbocycles. The van der Waals surface area contributed by atoms with E-state index in [2.05, 4.69) is 10.3 Å². The number of nitrogens with one attached hydrogen (secondary N) is 1. The summed E-state index contributed by atoms with van der Waals surface area (Å²) in [7, 11) is 0. The minimum Gasteiger partial charge on any atom is -0.352 e. The number of hydrogen-bond donors (Lipinski definition) is 1. The molecule has 3 heterocycles. The van der Waals surface area contributed by atoms with E-state index in [9.17, 15) is 9.59 Å². The molecule has 1 atom stereocenters. The van der Waals surface area contributed by atoms with Gasteiger partial charge in [0.15, 0.2) is 0 Å². The van der Waals surface area contributed by atoms with E-state index in [1.165, 1.54) is 10.5 Å². The van der Waals surface area contributed by atoms with E-state index in [4.69, 9.17) is 0 Å². The molecular formula is C16H18N4O2. The summed E-state index contributed by atoms with van der Waals surface area (Å²) in [6.45, 7) is 0.762. The highest BCUT2D eigenvalue weighted by Crippen LogP contribution is 2.25. The van der Waals surface area contributed by atoms with E-state index >= 15 is 0 Å². The van der Waals surface area contributed by atoms with Crippen LogP contribution in [0.1, 0.15) is 25.7 Å². The highest BCUT2D eigenvalue weighted by molar-refractivity contribution is 5.86. The van der Waals surface area contributed by atoms with Gasteiger partial charge in [-0.25, -0.2) is 4.98 Å². The number of amides is 1. The number of anilines is 1. The molecule has 4 rings (SSSR count). The largest absolute Gasteiger partial charge is 0.352 e. The summed E-state index contributed by atoms with van der Waals surface area (Å²) >= 11 is 0. The Balaban J connectivity index is 1.67. The van der Waals surface area contributed by atoms with E-state index in [1.807, 2.05) is 11.0 Å². The molecule has 0 spiro atoms. The fourth-order valence-electron chi connectivity index (χ4n) is 3.03. The number of rotatable bonds is 3. The van der Waals surface area contributed by atoms with Gasteiger partial charge in [-0.1, -0.05) is 6.07 Å². The fourth-order valence-corrected chi connectivity index (χ4v) is 3.03. The van der Waals surface area contributed by atoms with Crippen LogP contribution in [0.3, 0.4) is 0 Å². The normalized spacial score (nSPS) is 21.3. The Hall–Kier alpha value is -2.37. The third-order valence-corrected chi connectivity index (χ3v) is 4.33. The van der Waals surface area contributed by atoms with E-state index < -0.39 is 0 Å². The Morgan fingerprint density at radius 3 is 2.95 bits per heavy atom. The number of carbonyl (C=O) groups is 1. The maximum atomic E-state index is 12.4. The number of fused-ring (bicyclic) bond motifs is 1. The van der Waals surface area contributed by atoms with E-state index in [0.29, 0.717) is 17.5 Å². The average molecular weight is 298 g/mol. The molecule has 1 amide bonds. The van der Waals surface area contributed by atoms with Crippen LogP contribution in [0.5, 0.6) is 0 Å². The SMILES string of the molecule is O=C(NC1CC1)[C@H]1CCCN1c1cc(=O)n2ccccc2n1. The molecule has 2 fully saturated rings. The highest BCUT2D eigenvalue weighted by atomic mass is 16.2. The van der Waals surface area contributed by atoms with Gasteiger partial charge in [-0.05, 0) is 37.8 Å². The van der Waals surface area contributed by atoms with Crippen LogP contribution < -0.4 is 15.8 Å². The van der Waals surface area contributed by atoms with E-state index in [-0.39, 0.29) is 17.5 Å². The van der Waals surface area contributed by atoms with Crippen molar-refractivity contribution in [2.45, 2.75) is 37.8 Å². The molecule has 2 aromatic rings. The molecule has 0 unspecified atom stereocenters. The lowest BCUT2D eigenvalue weighted by atomic mass is 10.2. The monoisotopic (exact) mass is 298 g/mol. The van der Waals surface area contributed by atoms with Crippen molar-refractivity contribution < 1.29 is 4.79 Å². The Kier molecular flexibility index (Phi) is 3.10. The van der Waals surface area contributed by atoms with Crippen LogP contribution in [0.4, 0.5) is 5.82 Å². The maximum absolute atomic E-state index is 12.4. The summed E-state index contributed by atoms with van der Waals surface area (Å²) in [6, 6.07) is 7.13. The zero-order valence-corrected chi connectivity index (χ0v) is 12.2. The number of carbonyl (C=O) groups excluding carboxylic acids is 1. The fraction of sp³-hybridized carbons (Fsp3) is 0.438. The second-order valence-corrected chi connectivity index (χ2v) is 6.02. The zero-order chi connectivity index (χ0) is 15.1. The topological polar surface area (TPSA) is 66.7 Å². The molecule has 6 heteroatoms. The van der Waals surface area contributed by atoms with Crippen LogP contribution in [0.15, 0.2) is 35.3 Å². The van der Waals surface area contributed by atoms with Crippen LogP contribution in [0.2, 0.25) is 0 Å². The van der Waals surface area contributed by atoms with Crippen LogP contribution in [0, 0.1) is 0 Å². The first-order chi connectivity index (χ1) is 10.7. The van der Waals surface area contributed by atoms with Gasteiger partial charge in [0, 0.05) is 24.8 Å². The summed E-state index contributed by atoms with van der Waals surface area (Å²) in [4.78, 5) is 31.1. The Bertz CT molecular complexity index is 781. The van der Waals surface area contributed by atoms with Crippen molar-refractivity contribution in [3.8, 4) is 0 Å². The van der Waals surface area contributed by atoms with Crippen LogP contribution in [-0.2, 0) is 4.79 Å². The van der Waals surface area contributed by atoms with Crippen molar-refractivity contribution in [1.82, 2.24) is 14.7 Å². The van der Waals surface area contributed by atoms with Crippen LogP contribution in [0.25, 0.3) is 5.65 Å². The molecule has 1 aliphatic carbocycles. The standard InChI is InChI=1S/C16H18N4O2/c21-15-10-14(18-13-5-1-2-8-20(13)15)19-9-3-4-12(19)16(22)17-11-6-7-11/h1-2,5,8,10-12H,3-4,6-7,9H2,(H,17,22)/t12-/m1/s1. The lowest BCUT2D eigenvalue weighted by Crippen LogP contribution is -2.44. The molecule has 2 aromatic heterocycles. The van der Waals surface area contributed by atoms with Gasteiger partial charge in [0.2, 0.25) is 5.91 Å². The quantitative estimate of drug-likeness (QED) is 0.916. The van der Waals surface area contributed by atoms with E-state index in [0.717, 1.165) is 32.2 Å².